The smallest absolute Gasteiger partial charge is 0.411 e. The van der Waals surface area contributed by atoms with Gasteiger partial charge in [0.2, 0.25) is 0 Å². The number of methoxy groups -OCH3 is 1. The Balaban J connectivity index is 1.76. The summed E-state index contributed by atoms with van der Waals surface area (Å²) in [5, 5.41) is 5.36. The Morgan fingerprint density at radius 1 is 0.846 bits per heavy atom. The molecule has 0 bridgehead atoms. The van der Waals surface area contributed by atoms with E-state index in [9.17, 15) is 9.59 Å². The summed E-state index contributed by atoms with van der Waals surface area (Å²) in [6, 6.07) is 11.9. The van der Waals surface area contributed by atoms with E-state index >= 15 is 0 Å². The number of aryl methyl sites for hydroxylation is 2. The number of nitrogens with one attached hydrogen (secondary N) is 2. The number of anilines is 2. The van der Waals surface area contributed by atoms with Crippen LogP contribution in [0.25, 0.3) is 11.0 Å². The molecule has 0 aliphatic carbocycles. The highest BCUT2D eigenvalue weighted by atomic mass is 16.5. The van der Waals surface area contributed by atoms with Crippen molar-refractivity contribution >= 4 is 34.4 Å². The minimum atomic E-state index is -0.551. The van der Waals surface area contributed by atoms with Crippen molar-refractivity contribution in [2.75, 3.05) is 17.7 Å². The van der Waals surface area contributed by atoms with E-state index in [1.807, 2.05) is 13.8 Å². The molecule has 1 heterocycles. The Morgan fingerprint density at radius 2 is 1.42 bits per heavy atom. The van der Waals surface area contributed by atoms with Crippen molar-refractivity contribution in [1.29, 1.82) is 0 Å². The lowest BCUT2D eigenvalue weighted by atomic mass is 10.1. The van der Waals surface area contributed by atoms with Gasteiger partial charge < -0.3 is 10.1 Å². The molecule has 2 amide bonds. The first-order chi connectivity index (χ1) is 12.5. The van der Waals surface area contributed by atoms with E-state index in [4.69, 9.17) is 0 Å². The van der Waals surface area contributed by atoms with Crippen molar-refractivity contribution in [1.82, 2.24) is 9.97 Å². The molecule has 0 aliphatic heterocycles. The van der Waals surface area contributed by atoms with E-state index in [2.05, 4.69) is 25.3 Å². The molecule has 2 N–H and O–H groups in total. The maximum atomic E-state index is 12.5. The first-order valence-electron chi connectivity index (χ1n) is 7.97. The third-order valence-corrected chi connectivity index (χ3v) is 3.91. The lowest BCUT2D eigenvalue weighted by Crippen LogP contribution is -2.13. The van der Waals surface area contributed by atoms with Crippen LogP contribution in [0, 0.1) is 13.8 Å². The number of hydrogen-bond acceptors (Lipinski definition) is 5. The first-order valence-corrected chi connectivity index (χ1v) is 7.97. The molecule has 0 spiro atoms. The minimum Gasteiger partial charge on any atom is -0.453 e. The van der Waals surface area contributed by atoms with Gasteiger partial charge in [0, 0.05) is 16.9 Å². The molecule has 0 aliphatic rings. The molecule has 2 aromatic carbocycles. The fraction of sp³-hybridized carbons (Fsp3) is 0.158. The predicted octanol–water partition coefficient (Wildman–Crippen LogP) is 3.68. The number of carbonyl (C=O) groups excluding carboxylic acids is 2. The van der Waals surface area contributed by atoms with Crippen LogP contribution in [0.5, 0.6) is 0 Å². The van der Waals surface area contributed by atoms with Crippen molar-refractivity contribution in [3.8, 4) is 0 Å². The molecule has 0 saturated carbocycles. The van der Waals surface area contributed by atoms with Crippen LogP contribution in [-0.4, -0.2) is 29.1 Å². The van der Waals surface area contributed by atoms with Crippen molar-refractivity contribution in [3.63, 3.8) is 0 Å². The highest BCUT2D eigenvalue weighted by Crippen LogP contribution is 2.17. The normalized spacial score (nSPS) is 10.4. The Bertz CT molecular complexity index is 984. The van der Waals surface area contributed by atoms with Crippen molar-refractivity contribution in [2.24, 2.45) is 0 Å². The molecule has 26 heavy (non-hydrogen) atoms. The molecular weight excluding hydrogens is 332 g/mol. The molecule has 1 aromatic heterocycles. The Labute approximate surface area is 150 Å². The van der Waals surface area contributed by atoms with Crippen LogP contribution in [0.2, 0.25) is 0 Å². The van der Waals surface area contributed by atoms with Gasteiger partial charge in [0.25, 0.3) is 5.91 Å². The molecule has 0 unspecified atom stereocenters. The highest BCUT2D eigenvalue weighted by molar-refractivity contribution is 6.06. The van der Waals surface area contributed by atoms with Gasteiger partial charge in [-0.3, -0.25) is 10.1 Å². The second kappa shape index (κ2) is 7.18. The summed E-state index contributed by atoms with van der Waals surface area (Å²) in [6.45, 7) is 3.79. The van der Waals surface area contributed by atoms with Gasteiger partial charge in [-0.15, -0.1) is 0 Å². The fourth-order valence-corrected chi connectivity index (χ4v) is 2.38. The molecular formula is C19H18N4O3. The maximum absolute atomic E-state index is 12.5. The Kier molecular flexibility index (Phi) is 4.79. The number of amides is 2. The van der Waals surface area contributed by atoms with Crippen LogP contribution in [0.4, 0.5) is 16.2 Å². The Hall–Kier alpha value is -3.48. The van der Waals surface area contributed by atoms with Crippen molar-refractivity contribution in [3.05, 3.63) is 59.4 Å². The summed E-state index contributed by atoms with van der Waals surface area (Å²) in [5.74, 6) is -0.249. The summed E-state index contributed by atoms with van der Waals surface area (Å²) >= 11 is 0. The summed E-state index contributed by atoms with van der Waals surface area (Å²) in [4.78, 5) is 32.6. The van der Waals surface area contributed by atoms with Gasteiger partial charge in [-0.2, -0.15) is 0 Å². The van der Waals surface area contributed by atoms with Crippen LogP contribution >= 0.6 is 0 Å². The summed E-state index contributed by atoms with van der Waals surface area (Å²) < 4.78 is 4.53. The SMILES string of the molecule is COC(=O)Nc1ccc(NC(=O)c2ccc3nc(C)c(C)nc3c2)cc1. The van der Waals surface area contributed by atoms with E-state index in [1.165, 1.54) is 7.11 Å². The maximum Gasteiger partial charge on any atom is 0.411 e. The van der Waals surface area contributed by atoms with Crippen LogP contribution in [0.15, 0.2) is 42.5 Å². The number of ether oxygens (including phenoxy) is 1. The van der Waals surface area contributed by atoms with E-state index < -0.39 is 6.09 Å². The number of aromatic nitrogens is 2. The van der Waals surface area contributed by atoms with Gasteiger partial charge in [0.1, 0.15) is 0 Å². The zero-order valence-corrected chi connectivity index (χ0v) is 14.7. The van der Waals surface area contributed by atoms with Crippen LogP contribution in [0.3, 0.4) is 0 Å². The third-order valence-electron chi connectivity index (χ3n) is 3.91. The molecule has 0 saturated heterocycles. The average Bonchev–Trinajstić information content (AvgIpc) is 2.63. The van der Waals surface area contributed by atoms with Crippen molar-refractivity contribution in [2.45, 2.75) is 13.8 Å². The summed E-state index contributed by atoms with van der Waals surface area (Å²) in [5.41, 5.74) is 4.81. The van der Waals surface area contributed by atoms with Crippen LogP contribution < -0.4 is 10.6 Å². The standard InChI is InChI=1S/C19H18N4O3/c1-11-12(2)21-17-10-13(4-9-16(17)20-11)18(24)22-14-5-7-15(8-6-14)23-19(25)26-3/h4-10H,1-3H3,(H,22,24)(H,23,25). The van der Waals surface area contributed by atoms with E-state index in [-0.39, 0.29) is 5.91 Å². The molecule has 3 rings (SSSR count). The topological polar surface area (TPSA) is 93.2 Å². The zero-order valence-electron chi connectivity index (χ0n) is 14.7. The molecule has 3 aromatic rings. The van der Waals surface area contributed by atoms with E-state index in [1.54, 1.807) is 42.5 Å². The second-order valence-corrected chi connectivity index (χ2v) is 5.75. The Morgan fingerprint density at radius 3 is 2.04 bits per heavy atom. The van der Waals surface area contributed by atoms with Crippen LogP contribution in [0.1, 0.15) is 21.7 Å². The van der Waals surface area contributed by atoms with Gasteiger partial charge in [0.05, 0.1) is 29.5 Å². The molecule has 0 fully saturated rings. The number of nitrogens with zero attached hydrogens (tertiary/aromatic N) is 2. The summed E-state index contributed by atoms with van der Waals surface area (Å²) in [7, 11) is 1.29. The largest absolute Gasteiger partial charge is 0.453 e. The molecule has 0 radical (unpaired) electrons. The highest BCUT2D eigenvalue weighted by Gasteiger charge is 2.09. The predicted molar refractivity (Wildman–Crippen MR) is 99.4 cm³/mol. The molecule has 132 valence electrons. The van der Waals surface area contributed by atoms with Gasteiger partial charge in [-0.05, 0) is 56.3 Å². The van der Waals surface area contributed by atoms with Gasteiger partial charge in [-0.1, -0.05) is 0 Å². The number of hydrogen-bond donors (Lipinski definition) is 2. The number of carbonyl (C=O) groups is 2. The molecule has 0 atom stereocenters. The van der Waals surface area contributed by atoms with E-state index in [0.717, 1.165) is 16.9 Å². The quantitative estimate of drug-likeness (QED) is 0.751. The zero-order chi connectivity index (χ0) is 18.7. The molecule has 7 heteroatoms. The lowest BCUT2D eigenvalue weighted by Gasteiger charge is -2.08. The van der Waals surface area contributed by atoms with Gasteiger partial charge >= 0.3 is 6.09 Å². The minimum absolute atomic E-state index is 0.249. The number of rotatable bonds is 3. The average molecular weight is 350 g/mol. The first kappa shape index (κ1) is 17.3. The number of benzene rings is 2. The van der Waals surface area contributed by atoms with E-state index in [0.29, 0.717) is 22.5 Å². The summed E-state index contributed by atoms with van der Waals surface area (Å²) in [6.07, 6.45) is -0.551. The van der Waals surface area contributed by atoms with Gasteiger partial charge in [0.15, 0.2) is 0 Å². The number of fused-ring (bicyclic) bond motifs is 1. The molecule has 7 nitrogen and oxygen atoms in total. The monoisotopic (exact) mass is 350 g/mol. The van der Waals surface area contributed by atoms with Crippen molar-refractivity contribution < 1.29 is 14.3 Å². The lowest BCUT2D eigenvalue weighted by molar-refractivity contribution is 0.102. The third kappa shape index (κ3) is 3.77. The van der Waals surface area contributed by atoms with Crippen LogP contribution in [-0.2, 0) is 4.74 Å². The van der Waals surface area contributed by atoms with Gasteiger partial charge in [-0.25, -0.2) is 14.8 Å². The second-order valence-electron chi connectivity index (χ2n) is 5.75. The fourth-order valence-electron chi connectivity index (χ4n) is 2.38.